The van der Waals surface area contributed by atoms with E-state index in [0.29, 0.717) is 45.2 Å². The van der Waals surface area contributed by atoms with Crippen molar-refractivity contribution < 1.29 is 9.50 Å². The molecule has 11 nitrogen and oxygen atoms in total. The number of aromatic amines is 2. The Morgan fingerprint density at radius 1 is 1.03 bits per heavy atom. The Labute approximate surface area is 208 Å². The molecule has 5 N–H and O–H groups in total. The number of H-pyrrole nitrogens is 2. The van der Waals surface area contributed by atoms with Crippen LogP contribution in [-0.4, -0.2) is 64.3 Å². The first-order chi connectivity index (χ1) is 18.0. The molecule has 7 rings (SSSR count). The van der Waals surface area contributed by atoms with E-state index < -0.39 is 5.82 Å². The van der Waals surface area contributed by atoms with Crippen molar-refractivity contribution in [3.8, 4) is 39.8 Å². The number of imidazole rings is 1. The van der Waals surface area contributed by atoms with Crippen molar-refractivity contribution in [2.24, 2.45) is 5.73 Å². The molecule has 0 radical (unpaired) electrons. The van der Waals surface area contributed by atoms with E-state index in [0.717, 1.165) is 35.9 Å². The van der Waals surface area contributed by atoms with Crippen molar-refractivity contribution >= 4 is 27.9 Å². The Kier molecular flexibility index (Phi) is 4.63. The molecule has 1 aromatic carbocycles. The maximum absolute atomic E-state index is 14.0. The summed E-state index contributed by atoms with van der Waals surface area (Å²) in [6.07, 6.45) is 6.67. The van der Waals surface area contributed by atoms with Crippen LogP contribution in [0.5, 0.6) is 5.75 Å². The maximum atomic E-state index is 14.0. The zero-order chi connectivity index (χ0) is 25.1. The number of nitrogens with zero attached hydrogens (tertiary/aromatic N) is 7. The summed E-state index contributed by atoms with van der Waals surface area (Å²) < 4.78 is 14.0. The van der Waals surface area contributed by atoms with Gasteiger partial charge >= 0.3 is 0 Å². The summed E-state index contributed by atoms with van der Waals surface area (Å²) in [7, 11) is 0. The number of aromatic hydroxyl groups is 1. The van der Waals surface area contributed by atoms with Crippen LogP contribution in [0, 0.1) is 5.82 Å². The molecule has 6 aromatic rings. The minimum atomic E-state index is -0.540. The number of aromatic nitrogens is 8. The molecule has 0 atom stereocenters. The molecule has 0 amide bonds. The molecule has 0 aliphatic carbocycles. The van der Waals surface area contributed by atoms with Gasteiger partial charge in [-0.1, -0.05) is 0 Å². The number of nitrogens with two attached hydrogens (primary N) is 1. The average molecular weight is 494 g/mol. The SMILES string of the molecule is NC1CN(c2cncc(-c3cc4c(-c5nc6nccc(-c7cc(O)cc(F)c7)c6[nH]5)n[nH]c4cn3)n2)C1. The highest BCUT2D eigenvalue weighted by molar-refractivity contribution is 5.96. The highest BCUT2D eigenvalue weighted by atomic mass is 19.1. The first-order valence-corrected chi connectivity index (χ1v) is 11.5. The van der Waals surface area contributed by atoms with Crippen molar-refractivity contribution in [1.29, 1.82) is 0 Å². The molecular formula is C25H19FN10O. The van der Waals surface area contributed by atoms with Crippen LogP contribution in [0.1, 0.15) is 0 Å². The van der Waals surface area contributed by atoms with E-state index in [9.17, 15) is 9.50 Å². The highest BCUT2D eigenvalue weighted by Gasteiger charge is 2.25. The van der Waals surface area contributed by atoms with Crippen LogP contribution in [0.3, 0.4) is 0 Å². The second-order valence-electron chi connectivity index (χ2n) is 8.96. The summed E-state index contributed by atoms with van der Waals surface area (Å²) in [5.74, 6) is 0.533. The molecule has 12 heteroatoms. The van der Waals surface area contributed by atoms with E-state index >= 15 is 0 Å². The van der Waals surface area contributed by atoms with Gasteiger partial charge in [-0.05, 0) is 29.8 Å². The van der Waals surface area contributed by atoms with Crippen LogP contribution < -0.4 is 10.6 Å². The third-order valence-corrected chi connectivity index (χ3v) is 6.38. The van der Waals surface area contributed by atoms with Crippen LogP contribution in [-0.2, 0) is 0 Å². The minimum Gasteiger partial charge on any atom is -0.508 e. The Balaban J connectivity index is 1.31. The molecular weight excluding hydrogens is 475 g/mol. The van der Waals surface area contributed by atoms with Crippen molar-refractivity contribution in [2.45, 2.75) is 6.04 Å². The molecule has 1 aliphatic heterocycles. The summed E-state index contributed by atoms with van der Waals surface area (Å²) in [4.78, 5) is 27.9. The minimum absolute atomic E-state index is 0.152. The summed E-state index contributed by atoms with van der Waals surface area (Å²) in [5, 5.41) is 18.1. The molecule has 0 spiro atoms. The number of phenols is 1. The Morgan fingerprint density at radius 2 is 1.92 bits per heavy atom. The number of hydrogen-bond acceptors (Lipinski definition) is 9. The van der Waals surface area contributed by atoms with Gasteiger partial charge in [0.15, 0.2) is 11.5 Å². The second-order valence-corrected chi connectivity index (χ2v) is 8.96. The normalized spacial score (nSPS) is 13.9. The van der Waals surface area contributed by atoms with E-state index in [2.05, 4.69) is 40.0 Å². The third-order valence-electron chi connectivity index (χ3n) is 6.38. The lowest BCUT2D eigenvalue weighted by Gasteiger charge is -2.37. The Hall–Kier alpha value is -4.97. The number of anilines is 1. The number of phenolic OH excluding ortho intramolecular Hbond substituents is 1. The fourth-order valence-corrected chi connectivity index (χ4v) is 4.56. The topological polar surface area (TPSA) is 158 Å². The summed E-state index contributed by atoms with van der Waals surface area (Å²) >= 11 is 0. The van der Waals surface area contributed by atoms with Gasteiger partial charge in [-0.2, -0.15) is 5.10 Å². The van der Waals surface area contributed by atoms with Gasteiger partial charge in [-0.15, -0.1) is 0 Å². The van der Waals surface area contributed by atoms with Crippen LogP contribution in [0.4, 0.5) is 10.2 Å². The van der Waals surface area contributed by atoms with Crippen LogP contribution in [0.15, 0.2) is 55.1 Å². The van der Waals surface area contributed by atoms with Crippen LogP contribution >= 0.6 is 0 Å². The molecule has 6 heterocycles. The van der Waals surface area contributed by atoms with Gasteiger partial charge in [-0.3, -0.25) is 15.1 Å². The van der Waals surface area contributed by atoms with E-state index in [1.165, 1.54) is 12.1 Å². The van der Waals surface area contributed by atoms with Gasteiger partial charge in [0.1, 0.15) is 28.8 Å². The third kappa shape index (κ3) is 3.62. The van der Waals surface area contributed by atoms with Crippen molar-refractivity contribution in [3.05, 3.63) is 60.9 Å². The van der Waals surface area contributed by atoms with E-state index in [1.54, 1.807) is 30.9 Å². The van der Waals surface area contributed by atoms with E-state index in [4.69, 9.17) is 10.7 Å². The molecule has 1 fully saturated rings. The monoisotopic (exact) mass is 494 g/mol. The van der Waals surface area contributed by atoms with Crippen molar-refractivity contribution in [3.63, 3.8) is 0 Å². The first kappa shape index (κ1) is 21.3. The van der Waals surface area contributed by atoms with Crippen molar-refractivity contribution in [2.75, 3.05) is 18.0 Å². The van der Waals surface area contributed by atoms with Gasteiger partial charge in [-0.25, -0.2) is 19.3 Å². The largest absolute Gasteiger partial charge is 0.508 e. The van der Waals surface area contributed by atoms with E-state index in [1.807, 2.05) is 6.07 Å². The summed E-state index contributed by atoms with van der Waals surface area (Å²) in [6.45, 7) is 1.49. The number of nitrogens with one attached hydrogen (secondary N) is 2. The Bertz CT molecular complexity index is 1790. The van der Waals surface area contributed by atoms with Gasteiger partial charge < -0.3 is 20.7 Å². The van der Waals surface area contributed by atoms with E-state index in [-0.39, 0.29) is 11.8 Å². The summed E-state index contributed by atoms with van der Waals surface area (Å²) in [6, 6.07) is 7.66. The lowest BCUT2D eigenvalue weighted by Crippen LogP contribution is -2.56. The fraction of sp³-hybridized carbons (Fsp3) is 0.120. The smallest absolute Gasteiger partial charge is 0.178 e. The predicted molar refractivity (Wildman–Crippen MR) is 135 cm³/mol. The van der Waals surface area contributed by atoms with Crippen LogP contribution in [0.2, 0.25) is 0 Å². The van der Waals surface area contributed by atoms with Crippen molar-refractivity contribution in [1.82, 2.24) is 40.1 Å². The molecule has 0 bridgehead atoms. The molecule has 1 saturated heterocycles. The number of halogens is 1. The van der Waals surface area contributed by atoms with Gasteiger partial charge in [0.25, 0.3) is 0 Å². The molecule has 182 valence electrons. The zero-order valence-electron chi connectivity index (χ0n) is 19.2. The van der Waals surface area contributed by atoms with Crippen LogP contribution in [0.25, 0.3) is 56.1 Å². The number of fused-ring (bicyclic) bond motifs is 2. The number of rotatable bonds is 4. The Morgan fingerprint density at radius 3 is 2.76 bits per heavy atom. The van der Waals surface area contributed by atoms with Gasteiger partial charge in [0, 0.05) is 42.3 Å². The lowest BCUT2D eigenvalue weighted by atomic mass is 10.1. The molecule has 1 aliphatic rings. The molecule has 37 heavy (non-hydrogen) atoms. The quantitative estimate of drug-likeness (QED) is 0.289. The maximum Gasteiger partial charge on any atom is 0.178 e. The van der Waals surface area contributed by atoms with Gasteiger partial charge in [0.2, 0.25) is 0 Å². The molecule has 5 aromatic heterocycles. The summed E-state index contributed by atoms with van der Waals surface area (Å²) in [5.41, 5.74) is 10.7. The first-order valence-electron chi connectivity index (χ1n) is 11.5. The predicted octanol–water partition coefficient (Wildman–Crippen LogP) is 3.01. The fourth-order valence-electron chi connectivity index (χ4n) is 4.56. The zero-order valence-corrected chi connectivity index (χ0v) is 19.2. The molecule has 0 unspecified atom stereocenters. The number of benzene rings is 1. The average Bonchev–Trinajstić information content (AvgIpc) is 3.49. The lowest BCUT2D eigenvalue weighted by molar-refractivity contribution is 0.469. The standard InChI is InChI=1S/C25H19FN10O/c26-13-3-12(4-15(37)5-13)16-1-2-29-24-22(16)32-25(33-24)23-17-6-18(30-8-19(17)34-35-23)20-7-28-9-21(31-20)36-10-14(27)11-36/h1-9,14,37H,10-11,27H2,(H,34,35)(H,29,32,33). The number of hydrogen-bond donors (Lipinski definition) is 4. The second kappa shape index (κ2) is 8.03. The number of pyridine rings is 2. The highest BCUT2D eigenvalue weighted by Crippen LogP contribution is 2.33. The van der Waals surface area contributed by atoms with Gasteiger partial charge in [0.05, 0.1) is 35.3 Å². The molecule has 0 saturated carbocycles.